The summed E-state index contributed by atoms with van der Waals surface area (Å²) in [7, 11) is 0. The van der Waals surface area contributed by atoms with E-state index in [1.165, 1.54) is 11.8 Å². The predicted molar refractivity (Wildman–Crippen MR) is 58.7 cm³/mol. The highest BCUT2D eigenvalue weighted by Gasteiger charge is 2.03. The van der Waals surface area contributed by atoms with Crippen LogP contribution < -0.4 is 11.5 Å². The van der Waals surface area contributed by atoms with Gasteiger partial charge in [-0.05, 0) is 0 Å². The summed E-state index contributed by atoms with van der Waals surface area (Å²) in [4.78, 5) is 14.9. The van der Waals surface area contributed by atoms with Crippen molar-refractivity contribution >= 4 is 22.8 Å². The quantitative estimate of drug-likeness (QED) is 0.274. The van der Waals surface area contributed by atoms with Gasteiger partial charge in [-0.15, -0.1) is 0 Å². The molecule has 0 atom stereocenters. The summed E-state index contributed by atoms with van der Waals surface area (Å²) < 4.78 is 4.92. The Morgan fingerprint density at radius 3 is 2.86 bits per heavy atom. The standard InChI is InChI=1S/C8H16N3O2S/c1-2-13-5-3-7(12)14-6-4-11-8(9)10/h2H,3-6H2,1H3,(H4,9,10,11)/q+1. The minimum Gasteiger partial charge on any atom is -0.370 e. The van der Waals surface area contributed by atoms with Crippen molar-refractivity contribution in [3.8, 4) is 0 Å². The first kappa shape index (κ1) is 13.1. The molecule has 0 saturated heterocycles. The van der Waals surface area contributed by atoms with Crippen molar-refractivity contribution in [2.75, 3.05) is 18.9 Å². The highest BCUT2D eigenvalue weighted by Crippen LogP contribution is 2.05. The lowest BCUT2D eigenvalue weighted by molar-refractivity contribution is -0.111. The van der Waals surface area contributed by atoms with Gasteiger partial charge in [0, 0.05) is 12.2 Å². The van der Waals surface area contributed by atoms with Gasteiger partial charge in [-0.3, -0.25) is 9.79 Å². The number of hydrogen-bond acceptors (Lipinski definition) is 4. The Morgan fingerprint density at radius 2 is 2.29 bits per heavy atom. The van der Waals surface area contributed by atoms with Gasteiger partial charge in [0.05, 0.1) is 6.54 Å². The molecule has 0 aliphatic heterocycles. The Kier molecular flexibility index (Phi) is 8.16. The lowest BCUT2D eigenvalue weighted by Crippen LogP contribution is -2.23. The number of ether oxygens (including phenoxy) is 1. The van der Waals surface area contributed by atoms with Gasteiger partial charge in [0.1, 0.15) is 13.5 Å². The van der Waals surface area contributed by atoms with Gasteiger partial charge in [0.15, 0.2) is 11.1 Å². The number of nitrogens with two attached hydrogens (primary N) is 2. The van der Waals surface area contributed by atoms with E-state index in [1.807, 2.05) is 0 Å². The van der Waals surface area contributed by atoms with Crippen molar-refractivity contribution in [1.82, 2.24) is 0 Å². The number of aliphatic imine (C=N–C) groups is 1. The first-order valence-corrected chi connectivity index (χ1v) is 5.25. The summed E-state index contributed by atoms with van der Waals surface area (Å²) in [6.45, 7) is 4.25. The van der Waals surface area contributed by atoms with Crippen molar-refractivity contribution in [3.05, 3.63) is 6.61 Å². The van der Waals surface area contributed by atoms with Gasteiger partial charge in [0.25, 0.3) is 0 Å². The second-order valence-corrected chi connectivity index (χ2v) is 3.54. The van der Waals surface area contributed by atoms with Crippen molar-refractivity contribution in [2.45, 2.75) is 13.3 Å². The third-order valence-corrected chi connectivity index (χ3v) is 2.15. The Morgan fingerprint density at radius 1 is 1.57 bits per heavy atom. The third kappa shape index (κ3) is 9.21. The molecule has 0 aliphatic rings. The molecule has 0 radical (unpaired) electrons. The van der Waals surface area contributed by atoms with Gasteiger partial charge >= 0.3 is 0 Å². The topological polar surface area (TPSA) is 90.7 Å². The van der Waals surface area contributed by atoms with Gasteiger partial charge < -0.3 is 11.5 Å². The fourth-order valence-electron chi connectivity index (χ4n) is 0.667. The van der Waals surface area contributed by atoms with Crippen LogP contribution in [0.1, 0.15) is 13.3 Å². The van der Waals surface area contributed by atoms with E-state index in [0.717, 1.165) is 0 Å². The van der Waals surface area contributed by atoms with Crippen LogP contribution in [0.15, 0.2) is 4.99 Å². The van der Waals surface area contributed by atoms with Gasteiger partial charge in [-0.2, -0.15) is 4.74 Å². The number of hydrogen-bond donors (Lipinski definition) is 2. The molecule has 6 heteroatoms. The number of guanidine groups is 1. The van der Waals surface area contributed by atoms with Crippen LogP contribution in [0.3, 0.4) is 0 Å². The van der Waals surface area contributed by atoms with Gasteiger partial charge in [0.2, 0.25) is 6.61 Å². The monoisotopic (exact) mass is 218 g/mol. The molecular weight excluding hydrogens is 202 g/mol. The number of carbonyl (C=O) groups is 1. The van der Waals surface area contributed by atoms with E-state index in [1.54, 1.807) is 13.5 Å². The first-order chi connectivity index (χ1) is 6.66. The average molecular weight is 218 g/mol. The number of carbonyl (C=O) groups excluding carboxylic acids is 1. The summed E-state index contributed by atoms with van der Waals surface area (Å²) in [5, 5.41) is 0.0950. The van der Waals surface area contributed by atoms with Crippen LogP contribution in [0.2, 0.25) is 0 Å². The fraction of sp³-hybridized carbons (Fsp3) is 0.625. The van der Waals surface area contributed by atoms with E-state index in [4.69, 9.17) is 16.2 Å². The van der Waals surface area contributed by atoms with Crippen molar-refractivity contribution < 1.29 is 9.53 Å². The molecule has 5 nitrogen and oxygen atoms in total. The molecule has 0 rings (SSSR count). The molecule has 0 bridgehead atoms. The second-order valence-electron chi connectivity index (χ2n) is 2.38. The maximum Gasteiger partial charge on any atom is 0.224 e. The molecule has 0 saturated carbocycles. The largest absolute Gasteiger partial charge is 0.370 e. The Hall–Kier alpha value is -0.880. The van der Waals surface area contributed by atoms with E-state index >= 15 is 0 Å². The highest BCUT2D eigenvalue weighted by molar-refractivity contribution is 8.13. The molecule has 0 heterocycles. The van der Waals surface area contributed by atoms with E-state index in [9.17, 15) is 4.79 Å². The zero-order chi connectivity index (χ0) is 10.8. The predicted octanol–water partition coefficient (Wildman–Crippen LogP) is 0.108. The first-order valence-electron chi connectivity index (χ1n) is 4.27. The molecule has 0 unspecified atom stereocenters. The van der Waals surface area contributed by atoms with E-state index in [2.05, 4.69) is 4.99 Å². The maximum atomic E-state index is 11.1. The molecule has 80 valence electrons. The Balaban J connectivity index is 3.31. The lowest BCUT2D eigenvalue weighted by atomic mass is 10.5. The molecule has 0 aromatic rings. The van der Waals surface area contributed by atoms with Crippen LogP contribution in [0, 0.1) is 6.61 Å². The zero-order valence-corrected chi connectivity index (χ0v) is 9.05. The van der Waals surface area contributed by atoms with Crippen molar-refractivity contribution in [2.24, 2.45) is 16.5 Å². The molecule has 4 N–H and O–H groups in total. The molecule has 0 aliphatic carbocycles. The molecule has 0 aromatic heterocycles. The van der Waals surface area contributed by atoms with Crippen LogP contribution in [0.25, 0.3) is 0 Å². The van der Waals surface area contributed by atoms with E-state index < -0.39 is 0 Å². The summed E-state index contributed by atoms with van der Waals surface area (Å²) in [5.41, 5.74) is 10.2. The SMILES string of the molecule is C[CH+]OCCC(=O)SCCN=C(N)N. The smallest absolute Gasteiger partial charge is 0.224 e. The van der Waals surface area contributed by atoms with Crippen LogP contribution in [-0.4, -0.2) is 30.0 Å². The zero-order valence-electron chi connectivity index (χ0n) is 8.23. The van der Waals surface area contributed by atoms with Crippen LogP contribution in [-0.2, 0) is 9.53 Å². The van der Waals surface area contributed by atoms with E-state index in [-0.39, 0.29) is 11.1 Å². The molecule has 14 heavy (non-hydrogen) atoms. The maximum absolute atomic E-state index is 11.1. The molecular formula is C8H16N3O2S+. The fourth-order valence-corrected chi connectivity index (χ4v) is 1.30. The van der Waals surface area contributed by atoms with Gasteiger partial charge in [-0.25, -0.2) is 0 Å². The number of rotatable bonds is 7. The number of thioether (sulfide) groups is 1. The summed E-state index contributed by atoms with van der Waals surface area (Å²) in [6, 6.07) is 0. The molecule has 0 spiro atoms. The molecule has 0 aromatic carbocycles. The van der Waals surface area contributed by atoms with Crippen molar-refractivity contribution in [1.29, 1.82) is 0 Å². The molecule has 0 amide bonds. The Labute approximate surface area is 88.3 Å². The lowest BCUT2D eigenvalue weighted by Gasteiger charge is -1.96. The van der Waals surface area contributed by atoms with Crippen LogP contribution in [0.5, 0.6) is 0 Å². The van der Waals surface area contributed by atoms with Crippen molar-refractivity contribution in [3.63, 3.8) is 0 Å². The summed E-state index contributed by atoms with van der Waals surface area (Å²) in [6.07, 6.45) is 0.414. The average Bonchev–Trinajstić information content (AvgIpc) is 2.13. The van der Waals surface area contributed by atoms with Crippen LogP contribution in [0.4, 0.5) is 0 Å². The minimum absolute atomic E-state index is 0.0574. The third-order valence-electron chi connectivity index (χ3n) is 1.24. The number of nitrogens with zero attached hydrogens (tertiary/aromatic N) is 1. The highest BCUT2D eigenvalue weighted by atomic mass is 32.2. The normalized spacial score (nSPS) is 9.50. The summed E-state index contributed by atoms with van der Waals surface area (Å²) >= 11 is 1.22. The Bertz CT molecular complexity index is 193. The molecule has 0 fully saturated rings. The minimum atomic E-state index is 0.0574. The summed E-state index contributed by atoms with van der Waals surface area (Å²) in [5.74, 6) is 0.661. The van der Waals surface area contributed by atoms with Gasteiger partial charge in [-0.1, -0.05) is 11.8 Å². The van der Waals surface area contributed by atoms with Crippen LogP contribution >= 0.6 is 11.8 Å². The van der Waals surface area contributed by atoms with E-state index in [0.29, 0.717) is 25.3 Å². The second kappa shape index (κ2) is 8.71.